The van der Waals surface area contributed by atoms with Crippen LogP contribution in [0.2, 0.25) is 0 Å². The Morgan fingerprint density at radius 2 is 1.06 bits per heavy atom. The van der Waals surface area contributed by atoms with Crippen LogP contribution in [0.25, 0.3) is 11.1 Å². The van der Waals surface area contributed by atoms with Gasteiger partial charge >= 0.3 is 0 Å². The third kappa shape index (κ3) is 4.89. The van der Waals surface area contributed by atoms with E-state index in [0.717, 1.165) is 24.3 Å². The fourth-order valence-electron chi connectivity index (χ4n) is 3.25. The Morgan fingerprint density at radius 1 is 0.750 bits per heavy atom. The van der Waals surface area contributed by atoms with Crippen molar-refractivity contribution in [1.29, 1.82) is 0 Å². The second-order valence-electron chi connectivity index (χ2n) is 6.85. The van der Waals surface area contributed by atoms with E-state index in [2.05, 4.69) is 25.7 Å². The molecule has 178 valence electrons. The summed E-state index contributed by atoms with van der Waals surface area (Å²) in [5, 5.41) is 0. The lowest BCUT2D eigenvalue weighted by molar-refractivity contribution is 0.321. The van der Waals surface area contributed by atoms with Crippen LogP contribution in [0.1, 0.15) is 20.8 Å². The predicted octanol–water partition coefficient (Wildman–Crippen LogP) is 1.51. The van der Waals surface area contributed by atoms with Crippen LogP contribution in [-0.2, 0) is 30.1 Å². The summed E-state index contributed by atoms with van der Waals surface area (Å²) in [6.07, 6.45) is 0. The van der Waals surface area contributed by atoms with E-state index in [1.807, 2.05) is 0 Å². The van der Waals surface area contributed by atoms with Gasteiger partial charge in [0.15, 0.2) is 0 Å². The molecule has 1 aliphatic rings. The van der Waals surface area contributed by atoms with E-state index in [0.29, 0.717) is 0 Å². The Hall–Kier alpha value is -2.23. The summed E-state index contributed by atoms with van der Waals surface area (Å²) < 4.78 is 89.0. The van der Waals surface area contributed by atoms with Gasteiger partial charge in [-0.25, -0.2) is 8.42 Å². The maximum atomic E-state index is 12.6. The predicted molar refractivity (Wildman–Crippen MR) is 119 cm³/mol. The average Bonchev–Trinajstić information content (AvgIpc) is 2.87. The largest absolute Gasteiger partial charge is 0.398 e. The number of fused-ring (bicyclic) bond motifs is 3. The van der Waals surface area contributed by atoms with Crippen LogP contribution in [0.5, 0.6) is 0 Å². The molecule has 32 heavy (non-hydrogen) atoms. The molecular formula is C18H25N3O8S3. The number of anilines is 2. The van der Waals surface area contributed by atoms with Crippen molar-refractivity contribution in [2.45, 2.75) is 40.4 Å². The van der Waals surface area contributed by atoms with Crippen molar-refractivity contribution in [3.05, 3.63) is 24.3 Å². The highest BCUT2D eigenvalue weighted by Crippen LogP contribution is 2.47. The molecule has 3 rings (SSSR count). The van der Waals surface area contributed by atoms with E-state index < -0.39 is 51.2 Å². The van der Waals surface area contributed by atoms with Gasteiger partial charge < -0.3 is 16.4 Å². The first-order valence-corrected chi connectivity index (χ1v) is 13.8. The van der Waals surface area contributed by atoms with Gasteiger partial charge in [0, 0.05) is 11.1 Å². The first-order chi connectivity index (χ1) is 14.6. The fraction of sp³-hybridized carbons (Fsp3) is 0.333. The maximum absolute atomic E-state index is 12.6. The molecule has 0 fully saturated rings. The van der Waals surface area contributed by atoms with E-state index >= 15 is 0 Å². The number of nitrogens with two attached hydrogens (primary N) is 2. The quantitative estimate of drug-likeness (QED) is 0.288. The van der Waals surface area contributed by atoms with Crippen molar-refractivity contribution >= 4 is 41.4 Å². The summed E-state index contributed by atoms with van der Waals surface area (Å²) in [7, 11) is -13.7. The molecule has 0 bridgehead atoms. The molecule has 2 aromatic carbocycles. The van der Waals surface area contributed by atoms with E-state index in [1.54, 1.807) is 0 Å². The summed E-state index contributed by atoms with van der Waals surface area (Å²) in [4.78, 5) is 0.151. The molecule has 0 aliphatic carbocycles. The van der Waals surface area contributed by atoms with Crippen LogP contribution in [0.4, 0.5) is 11.4 Å². The van der Waals surface area contributed by atoms with Gasteiger partial charge in [-0.3, -0.25) is 9.11 Å². The minimum atomic E-state index is -4.75. The smallest absolute Gasteiger partial charge is 0.296 e. The van der Waals surface area contributed by atoms with Crippen molar-refractivity contribution in [3.8, 4) is 11.1 Å². The summed E-state index contributed by atoms with van der Waals surface area (Å²) >= 11 is 0. The molecule has 0 spiro atoms. The van der Waals surface area contributed by atoms with E-state index in [-0.39, 0.29) is 20.9 Å². The van der Waals surface area contributed by atoms with Crippen molar-refractivity contribution in [3.63, 3.8) is 0 Å². The number of nitrogens with zero attached hydrogens (tertiary/aromatic N) is 1. The minimum absolute atomic E-state index is 0.193. The second-order valence-corrected chi connectivity index (χ2v) is 11.5. The molecule has 0 saturated heterocycles. The van der Waals surface area contributed by atoms with Crippen molar-refractivity contribution in [1.82, 2.24) is 4.90 Å². The lowest BCUT2D eigenvalue weighted by Crippen LogP contribution is -2.21. The Balaban J connectivity index is 0.000000451. The zero-order valence-electron chi connectivity index (χ0n) is 17.6. The molecule has 0 radical (unpaired) electrons. The zero-order valence-corrected chi connectivity index (χ0v) is 20.1. The van der Waals surface area contributed by atoms with Gasteiger partial charge in [-0.1, -0.05) is 20.8 Å². The molecule has 0 atom stereocenters. The third-order valence-electron chi connectivity index (χ3n) is 4.99. The topological polar surface area (TPSA) is 198 Å². The molecule has 0 unspecified atom stereocenters. The molecular weight excluding hydrogens is 482 g/mol. The van der Waals surface area contributed by atoms with Gasteiger partial charge in [0.25, 0.3) is 20.2 Å². The number of hydrogen-bond acceptors (Lipinski definition) is 9. The highest BCUT2D eigenvalue weighted by atomic mass is 32.2. The van der Waals surface area contributed by atoms with Crippen LogP contribution < -0.4 is 11.5 Å². The van der Waals surface area contributed by atoms with Crippen LogP contribution >= 0.6 is 0 Å². The summed E-state index contributed by atoms with van der Waals surface area (Å²) in [5.41, 5.74) is 9.62. The molecule has 11 nitrogen and oxygen atoms in total. The maximum Gasteiger partial charge on any atom is 0.296 e. The van der Waals surface area contributed by atoms with Crippen LogP contribution in [-0.4, -0.2) is 58.9 Å². The fourth-order valence-corrected chi connectivity index (χ4v) is 6.22. The van der Waals surface area contributed by atoms with Crippen LogP contribution in [0.3, 0.4) is 0 Å². The monoisotopic (exact) mass is 507 g/mol. The average molecular weight is 508 g/mol. The van der Waals surface area contributed by atoms with Crippen molar-refractivity contribution < 1.29 is 34.4 Å². The lowest BCUT2D eigenvalue weighted by Gasteiger charge is -2.13. The van der Waals surface area contributed by atoms with E-state index in [4.69, 9.17) is 11.5 Å². The number of benzene rings is 2. The Morgan fingerprint density at radius 3 is 1.28 bits per heavy atom. The highest BCUT2D eigenvalue weighted by Gasteiger charge is 2.37. The van der Waals surface area contributed by atoms with Gasteiger partial charge in [0.05, 0.1) is 21.2 Å². The number of rotatable bonds is 5. The zero-order chi connectivity index (χ0) is 24.6. The lowest BCUT2D eigenvalue weighted by atomic mass is 10.1. The first kappa shape index (κ1) is 26.0. The second kappa shape index (κ2) is 8.96. The van der Waals surface area contributed by atoms with Crippen LogP contribution in [0, 0.1) is 0 Å². The van der Waals surface area contributed by atoms with Gasteiger partial charge in [0.2, 0.25) is 9.84 Å². The Labute approximate surface area is 187 Å². The first-order valence-electron chi connectivity index (χ1n) is 9.39. The molecule has 0 amide bonds. The highest BCUT2D eigenvalue weighted by molar-refractivity contribution is 7.92. The van der Waals surface area contributed by atoms with E-state index in [1.165, 1.54) is 19.6 Å². The van der Waals surface area contributed by atoms with Crippen LogP contribution in [0.15, 0.2) is 43.8 Å². The molecule has 1 aliphatic heterocycles. The normalized spacial score (nSPS) is 14.4. The Bertz CT molecular complexity index is 1270. The molecule has 14 heteroatoms. The summed E-state index contributed by atoms with van der Waals surface area (Å²) in [5.74, 6) is 0. The number of nitrogen functional groups attached to an aromatic ring is 2. The molecule has 0 saturated carbocycles. The molecule has 6 N–H and O–H groups in total. The number of hydrogen-bond donors (Lipinski definition) is 4. The summed E-state index contributed by atoms with van der Waals surface area (Å²) in [6.45, 7) is 10.1. The van der Waals surface area contributed by atoms with Crippen molar-refractivity contribution in [2.75, 3.05) is 31.1 Å². The van der Waals surface area contributed by atoms with Gasteiger partial charge in [-0.05, 0) is 43.9 Å². The minimum Gasteiger partial charge on any atom is -0.398 e. The summed E-state index contributed by atoms with van der Waals surface area (Å²) in [6, 6.07) is 3.31. The number of sulfone groups is 1. The molecule has 1 heterocycles. The SMILES string of the molecule is CCN(CC)CC.Nc1cc2c(cc1S(=O)(=O)O)-c1cc(S(=O)(=O)O)c(N)cc1S2(=O)=O. The van der Waals surface area contributed by atoms with E-state index in [9.17, 15) is 34.4 Å². The third-order valence-corrected chi connectivity index (χ3v) is 8.64. The Kier molecular flexibility index (Phi) is 7.28. The molecule has 0 aromatic heterocycles. The molecule has 2 aromatic rings. The van der Waals surface area contributed by atoms with Crippen molar-refractivity contribution in [2.24, 2.45) is 0 Å². The standard InChI is InChI=1S/C12H10N2O8S3.C6H15N/c13-7-3-9-5(1-11(7)24(17,18)19)6-2-12(25(20,21)22)8(14)4-10(6)23(9,15)16;1-4-7(5-2)6-3/h1-4H,13-14H2,(H,17,18,19)(H,20,21,22);4-6H2,1-3H3. The van der Waals surface area contributed by atoms with Gasteiger partial charge in [-0.2, -0.15) is 16.8 Å². The van der Waals surface area contributed by atoms with Gasteiger partial charge in [-0.15, -0.1) is 0 Å². The van der Waals surface area contributed by atoms with Gasteiger partial charge in [0.1, 0.15) is 9.79 Å².